The second-order valence-electron chi connectivity index (χ2n) is 5.25. The van der Waals surface area contributed by atoms with Crippen molar-refractivity contribution in [3.05, 3.63) is 0 Å². The van der Waals surface area contributed by atoms with Crippen molar-refractivity contribution in [1.29, 1.82) is 0 Å². The second-order valence-corrected chi connectivity index (χ2v) is 5.25. The monoisotopic (exact) mass is 242 g/mol. The summed E-state index contributed by atoms with van der Waals surface area (Å²) in [5.41, 5.74) is 0. The molecule has 0 bridgehead atoms. The van der Waals surface area contributed by atoms with E-state index in [2.05, 4.69) is 0 Å². The average Bonchev–Trinajstić information content (AvgIpc) is 2.35. The molecule has 0 aliphatic carbocycles. The fourth-order valence-electron chi connectivity index (χ4n) is 2.34. The first kappa shape index (κ1) is 14.5. The van der Waals surface area contributed by atoms with Gasteiger partial charge in [0.1, 0.15) is 0 Å². The number of carbonyl (C=O) groups is 1. The summed E-state index contributed by atoms with van der Waals surface area (Å²) in [5.74, 6) is 0.640. The van der Waals surface area contributed by atoms with Gasteiger partial charge in [-0.25, -0.2) is 0 Å². The number of hydrogen-bond acceptors (Lipinski definition) is 3. The number of rotatable bonds is 5. The Morgan fingerprint density at radius 1 is 1.41 bits per heavy atom. The largest absolute Gasteiger partial charge is 0.393 e. The molecule has 0 aromatic carbocycles. The van der Waals surface area contributed by atoms with E-state index in [4.69, 9.17) is 0 Å². The van der Waals surface area contributed by atoms with Crippen LogP contribution in [0.25, 0.3) is 0 Å². The molecule has 1 rings (SSSR count). The van der Waals surface area contributed by atoms with Crippen molar-refractivity contribution < 1.29 is 9.90 Å². The summed E-state index contributed by atoms with van der Waals surface area (Å²) in [5, 5.41) is 9.77. The van der Waals surface area contributed by atoms with E-state index in [1.54, 1.807) is 0 Å². The number of amides is 1. The molecule has 1 N–H and O–H groups in total. The van der Waals surface area contributed by atoms with Crippen molar-refractivity contribution in [2.75, 3.05) is 33.7 Å². The third-order valence-electron chi connectivity index (χ3n) is 3.63. The minimum atomic E-state index is -0.186. The molecule has 1 amide bonds. The third-order valence-corrected chi connectivity index (χ3v) is 3.63. The highest BCUT2D eigenvalue weighted by atomic mass is 16.3. The van der Waals surface area contributed by atoms with Gasteiger partial charge in [0.05, 0.1) is 6.10 Å². The lowest BCUT2D eigenvalue weighted by atomic mass is 9.90. The number of piperidine rings is 1. The Bertz CT molecular complexity index is 236. The van der Waals surface area contributed by atoms with Crippen molar-refractivity contribution in [3.63, 3.8) is 0 Å². The van der Waals surface area contributed by atoms with E-state index >= 15 is 0 Å². The normalized spacial score (nSPS) is 19.7. The molecule has 0 spiro atoms. The molecule has 1 fully saturated rings. The lowest BCUT2D eigenvalue weighted by Gasteiger charge is -2.34. The molecule has 100 valence electrons. The fourth-order valence-corrected chi connectivity index (χ4v) is 2.34. The van der Waals surface area contributed by atoms with Crippen LogP contribution in [-0.4, -0.2) is 60.6 Å². The number of nitrogens with zero attached hydrogens (tertiary/aromatic N) is 2. The van der Waals surface area contributed by atoms with E-state index in [9.17, 15) is 9.90 Å². The first-order valence-electron chi connectivity index (χ1n) is 6.65. The van der Waals surface area contributed by atoms with Gasteiger partial charge in [0.25, 0.3) is 0 Å². The zero-order valence-corrected chi connectivity index (χ0v) is 11.4. The van der Waals surface area contributed by atoms with Crippen LogP contribution < -0.4 is 0 Å². The number of aliphatic hydroxyl groups is 1. The maximum absolute atomic E-state index is 11.9. The molecule has 4 nitrogen and oxygen atoms in total. The van der Waals surface area contributed by atoms with Crippen LogP contribution in [0.2, 0.25) is 0 Å². The minimum Gasteiger partial charge on any atom is -0.393 e. The summed E-state index contributed by atoms with van der Waals surface area (Å²) < 4.78 is 0. The van der Waals surface area contributed by atoms with E-state index in [-0.39, 0.29) is 12.0 Å². The van der Waals surface area contributed by atoms with Crippen molar-refractivity contribution in [2.45, 2.75) is 38.7 Å². The van der Waals surface area contributed by atoms with Crippen molar-refractivity contribution in [2.24, 2.45) is 5.92 Å². The molecular formula is C13H26N2O2. The first-order valence-corrected chi connectivity index (χ1v) is 6.65. The van der Waals surface area contributed by atoms with Gasteiger partial charge in [0.15, 0.2) is 0 Å². The summed E-state index contributed by atoms with van der Waals surface area (Å²) >= 11 is 0. The summed E-state index contributed by atoms with van der Waals surface area (Å²) in [6, 6.07) is 0. The molecule has 0 aromatic rings. The van der Waals surface area contributed by atoms with Crippen LogP contribution in [0.4, 0.5) is 0 Å². The summed E-state index contributed by atoms with van der Waals surface area (Å²) in [6.07, 6.45) is 3.13. The zero-order chi connectivity index (χ0) is 12.8. The predicted octanol–water partition coefficient (Wildman–Crippen LogP) is 0.948. The van der Waals surface area contributed by atoms with Gasteiger partial charge >= 0.3 is 0 Å². The van der Waals surface area contributed by atoms with Crippen LogP contribution in [0.15, 0.2) is 0 Å². The molecule has 0 saturated carbocycles. The lowest BCUT2D eigenvalue weighted by Crippen LogP contribution is -2.41. The average molecular weight is 242 g/mol. The van der Waals surface area contributed by atoms with E-state index in [1.165, 1.54) is 0 Å². The molecule has 17 heavy (non-hydrogen) atoms. The highest BCUT2D eigenvalue weighted by molar-refractivity contribution is 5.76. The molecule has 1 unspecified atom stereocenters. The highest BCUT2D eigenvalue weighted by Crippen LogP contribution is 2.22. The summed E-state index contributed by atoms with van der Waals surface area (Å²) in [7, 11) is 3.97. The van der Waals surface area contributed by atoms with E-state index in [0.717, 1.165) is 38.9 Å². The number of carbonyl (C=O) groups excluding carboxylic acids is 1. The van der Waals surface area contributed by atoms with Gasteiger partial charge in [-0.1, -0.05) is 6.92 Å². The molecular weight excluding hydrogens is 216 g/mol. The fraction of sp³-hybridized carbons (Fsp3) is 0.923. The lowest BCUT2D eigenvalue weighted by molar-refractivity contribution is -0.133. The zero-order valence-electron chi connectivity index (χ0n) is 11.4. The standard InChI is InChI=1S/C13H26N2O2/c1-4-12(16)11-5-9-15(10-6-11)13(17)7-8-14(2)3/h11-12,16H,4-10H2,1-3H3. The minimum absolute atomic E-state index is 0.186. The molecule has 1 aliphatic rings. The van der Waals surface area contributed by atoms with Gasteiger partial charge in [-0.05, 0) is 39.3 Å². The molecule has 0 radical (unpaired) electrons. The van der Waals surface area contributed by atoms with E-state index in [1.807, 2.05) is 30.8 Å². The van der Waals surface area contributed by atoms with Gasteiger partial charge in [-0.2, -0.15) is 0 Å². The Labute approximate surface area is 105 Å². The number of hydrogen-bond donors (Lipinski definition) is 1. The van der Waals surface area contributed by atoms with Crippen LogP contribution in [0, 0.1) is 5.92 Å². The van der Waals surface area contributed by atoms with Crippen molar-refractivity contribution in [1.82, 2.24) is 9.80 Å². The van der Waals surface area contributed by atoms with E-state index < -0.39 is 0 Å². The Kier molecular flexibility index (Phi) is 5.92. The smallest absolute Gasteiger partial charge is 0.223 e. The third kappa shape index (κ3) is 4.64. The van der Waals surface area contributed by atoms with Crippen LogP contribution in [-0.2, 0) is 4.79 Å². The number of likely N-dealkylation sites (tertiary alicyclic amines) is 1. The first-order chi connectivity index (χ1) is 8.04. The molecule has 1 atom stereocenters. The van der Waals surface area contributed by atoms with Crippen LogP contribution in [0.3, 0.4) is 0 Å². The van der Waals surface area contributed by atoms with Crippen LogP contribution in [0.5, 0.6) is 0 Å². The van der Waals surface area contributed by atoms with Crippen LogP contribution >= 0.6 is 0 Å². The van der Waals surface area contributed by atoms with E-state index in [0.29, 0.717) is 12.3 Å². The Morgan fingerprint density at radius 3 is 2.47 bits per heavy atom. The SMILES string of the molecule is CCC(O)C1CCN(C(=O)CCN(C)C)CC1. The molecule has 1 saturated heterocycles. The Hall–Kier alpha value is -0.610. The number of aliphatic hydroxyl groups excluding tert-OH is 1. The molecule has 1 heterocycles. The van der Waals surface area contributed by atoms with Gasteiger partial charge in [-0.3, -0.25) is 4.79 Å². The Morgan fingerprint density at radius 2 is 2.00 bits per heavy atom. The maximum atomic E-state index is 11.9. The highest BCUT2D eigenvalue weighted by Gasteiger charge is 2.26. The van der Waals surface area contributed by atoms with Gasteiger partial charge in [-0.15, -0.1) is 0 Å². The van der Waals surface area contributed by atoms with Crippen LogP contribution in [0.1, 0.15) is 32.6 Å². The topological polar surface area (TPSA) is 43.8 Å². The van der Waals surface area contributed by atoms with Gasteiger partial charge in [0.2, 0.25) is 5.91 Å². The molecule has 0 aromatic heterocycles. The summed E-state index contributed by atoms with van der Waals surface area (Å²) in [6.45, 7) is 4.46. The summed E-state index contributed by atoms with van der Waals surface area (Å²) in [4.78, 5) is 15.9. The molecule has 4 heteroatoms. The van der Waals surface area contributed by atoms with Gasteiger partial charge < -0.3 is 14.9 Å². The second kappa shape index (κ2) is 6.97. The van der Waals surface area contributed by atoms with Crippen molar-refractivity contribution in [3.8, 4) is 0 Å². The van der Waals surface area contributed by atoms with Gasteiger partial charge in [0, 0.05) is 26.1 Å². The quantitative estimate of drug-likeness (QED) is 0.780. The molecule has 1 aliphatic heterocycles. The van der Waals surface area contributed by atoms with Crippen molar-refractivity contribution >= 4 is 5.91 Å². The Balaban J connectivity index is 2.28. The predicted molar refractivity (Wildman–Crippen MR) is 68.8 cm³/mol. The maximum Gasteiger partial charge on any atom is 0.223 e.